The molecule has 98 valence electrons. The summed E-state index contributed by atoms with van der Waals surface area (Å²) in [6, 6.07) is 0. The van der Waals surface area contributed by atoms with Gasteiger partial charge >= 0.3 is 5.97 Å². The van der Waals surface area contributed by atoms with Crippen molar-refractivity contribution in [3.63, 3.8) is 0 Å². The first-order valence-corrected chi connectivity index (χ1v) is 6.30. The van der Waals surface area contributed by atoms with E-state index < -0.39 is 5.54 Å². The molecule has 0 aromatic heterocycles. The molecule has 2 saturated heterocycles. The van der Waals surface area contributed by atoms with Crippen LogP contribution >= 0.6 is 0 Å². The number of methoxy groups -OCH3 is 1. The summed E-state index contributed by atoms with van der Waals surface area (Å²) in [5, 5.41) is 3.38. The highest BCUT2D eigenvalue weighted by Crippen LogP contribution is 2.22. The van der Waals surface area contributed by atoms with E-state index in [2.05, 4.69) is 10.2 Å². The van der Waals surface area contributed by atoms with Gasteiger partial charge in [0.2, 0.25) is 0 Å². The minimum Gasteiger partial charge on any atom is -0.468 e. The molecule has 2 heterocycles. The van der Waals surface area contributed by atoms with Crippen LogP contribution in [-0.2, 0) is 14.3 Å². The van der Waals surface area contributed by atoms with E-state index in [1.807, 2.05) is 7.05 Å². The van der Waals surface area contributed by atoms with Gasteiger partial charge in [-0.2, -0.15) is 0 Å². The van der Waals surface area contributed by atoms with Crippen molar-refractivity contribution < 1.29 is 14.3 Å². The number of hydrogen-bond acceptors (Lipinski definition) is 5. The largest absolute Gasteiger partial charge is 0.468 e. The second kappa shape index (κ2) is 5.33. The van der Waals surface area contributed by atoms with Gasteiger partial charge < -0.3 is 14.4 Å². The van der Waals surface area contributed by atoms with Crippen LogP contribution in [0.5, 0.6) is 0 Å². The number of nitrogens with zero attached hydrogens (tertiary/aromatic N) is 1. The molecule has 0 amide bonds. The van der Waals surface area contributed by atoms with Crippen molar-refractivity contribution in [3.05, 3.63) is 0 Å². The number of likely N-dealkylation sites (N-methyl/N-ethyl adjacent to an activating group) is 1. The van der Waals surface area contributed by atoms with Crippen LogP contribution in [0.2, 0.25) is 0 Å². The maximum atomic E-state index is 11.9. The van der Waals surface area contributed by atoms with Gasteiger partial charge in [0.1, 0.15) is 5.54 Å². The number of rotatable bonds is 4. The Morgan fingerprint density at radius 3 is 3.00 bits per heavy atom. The van der Waals surface area contributed by atoms with E-state index in [-0.39, 0.29) is 12.1 Å². The first-order valence-electron chi connectivity index (χ1n) is 6.30. The van der Waals surface area contributed by atoms with Crippen LogP contribution in [0.3, 0.4) is 0 Å². The fourth-order valence-electron chi connectivity index (χ4n) is 2.69. The summed E-state index contributed by atoms with van der Waals surface area (Å²) < 4.78 is 10.5. The summed E-state index contributed by atoms with van der Waals surface area (Å²) >= 11 is 0. The van der Waals surface area contributed by atoms with Gasteiger partial charge in [0, 0.05) is 26.2 Å². The molecule has 1 N–H and O–H groups in total. The Hall–Kier alpha value is -0.650. The smallest absolute Gasteiger partial charge is 0.327 e. The highest BCUT2D eigenvalue weighted by atomic mass is 16.5. The van der Waals surface area contributed by atoms with Gasteiger partial charge in [0.05, 0.1) is 13.2 Å². The maximum absolute atomic E-state index is 11.9. The lowest BCUT2D eigenvalue weighted by Gasteiger charge is -2.28. The number of ether oxygens (including phenoxy) is 2. The van der Waals surface area contributed by atoms with Gasteiger partial charge in [-0.25, -0.2) is 0 Å². The first-order chi connectivity index (χ1) is 8.16. The number of carbonyl (C=O) groups is 1. The number of esters is 1. The maximum Gasteiger partial charge on any atom is 0.327 e. The normalized spacial score (nSPS) is 34.1. The minimum absolute atomic E-state index is 0.153. The van der Waals surface area contributed by atoms with Crippen molar-refractivity contribution in [2.75, 3.05) is 40.4 Å². The van der Waals surface area contributed by atoms with Crippen LogP contribution < -0.4 is 5.32 Å². The Morgan fingerprint density at radius 1 is 1.65 bits per heavy atom. The molecule has 5 nitrogen and oxygen atoms in total. The third kappa shape index (κ3) is 2.78. The second-order valence-corrected chi connectivity index (χ2v) is 5.08. The number of likely N-dealkylation sites (tertiary alicyclic amines) is 1. The molecular weight excluding hydrogens is 220 g/mol. The van der Waals surface area contributed by atoms with Crippen LogP contribution in [0, 0.1) is 0 Å². The summed E-state index contributed by atoms with van der Waals surface area (Å²) in [4.78, 5) is 14.1. The molecule has 0 radical (unpaired) electrons. The average molecular weight is 242 g/mol. The molecule has 2 rings (SSSR count). The molecule has 2 aliphatic heterocycles. The Bertz CT molecular complexity index is 279. The molecule has 0 bridgehead atoms. The molecule has 0 aliphatic carbocycles. The molecule has 0 spiro atoms. The van der Waals surface area contributed by atoms with E-state index in [4.69, 9.17) is 9.47 Å². The fourth-order valence-corrected chi connectivity index (χ4v) is 2.69. The molecule has 0 saturated carbocycles. The van der Waals surface area contributed by atoms with E-state index in [1.165, 1.54) is 7.11 Å². The van der Waals surface area contributed by atoms with Crippen molar-refractivity contribution in [3.8, 4) is 0 Å². The van der Waals surface area contributed by atoms with Gasteiger partial charge in [-0.1, -0.05) is 0 Å². The third-order valence-electron chi connectivity index (χ3n) is 3.73. The van der Waals surface area contributed by atoms with Crippen molar-refractivity contribution >= 4 is 5.97 Å². The molecule has 2 aliphatic rings. The SMILES string of the molecule is COC(=O)C1(NCC2CCCO2)CCN(C)C1. The molecule has 2 unspecified atom stereocenters. The summed E-state index contributed by atoms with van der Waals surface area (Å²) in [6.07, 6.45) is 3.27. The van der Waals surface area contributed by atoms with Crippen LogP contribution in [0.15, 0.2) is 0 Å². The van der Waals surface area contributed by atoms with Crippen LogP contribution in [0.1, 0.15) is 19.3 Å². The van der Waals surface area contributed by atoms with Crippen LogP contribution in [0.25, 0.3) is 0 Å². The zero-order valence-corrected chi connectivity index (χ0v) is 10.7. The quantitative estimate of drug-likeness (QED) is 0.703. The number of hydrogen-bond donors (Lipinski definition) is 1. The first kappa shape index (κ1) is 12.8. The summed E-state index contributed by atoms with van der Waals surface area (Å²) in [7, 11) is 3.48. The standard InChI is InChI=1S/C12H22N2O3/c1-14-6-5-12(9-14,11(15)16-2)13-8-10-4-3-7-17-10/h10,13H,3-9H2,1-2H3. The zero-order chi connectivity index (χ0) is 12.3. The summed E-state index contributed by atoms with van der Waals surface area (Å²) in [6.45, 7) is 3.22. The Kier molecular flexibility index (Phi) is 4.01. The van der Waals surface area contributed by atoms with E-state index in [1.54, 1.807) is 0 Å². The Morgan fingerprint density at radius 2 is 2.47 bits per heavy atom. The highest BCUT2D eigenvalue weighted by Gasteiger charge is 2.44. The Balaban J connectivity index is 1.93. The molecule has 0 aromatic carbocycles. The lowest BCUT2D eigenvalue weighted by molar-refractivity contribution is -0.148. The van der Waals surface area contributed by atoms with Gasteiger partial charge in [-0.15, -0.1) is 0 Å². The monoisotopic (exact) mass is 242 g/mol. The predicted octanol–water partition coefficient (Wildman–Crippen LogP) is 0.00230. The van der Waals surface area contributed by atoms with E-state index >= 15 is 0 Å². The van der Waals surface area contributed by atoms with Crippen LogP contribution in [-0.4, -0.2) is 62.9 Å². The van der Waals surface area contributed by atoms with Crippen LogP contribution in [0.4, 0.5) is 0 Å². The summed E-state index contributed by atoms with van der Waals surface area (Å²) in [5.74, 6) is -0.153. The molecule has 0 aromatic rings. The van der Waals surface area contributed by atoms with Crippen molar-refractivity contribution in [2.24, 2.45) is 0 Å². The average Bonchev–Trinajstić information content (AvgIpc) is 2.95. The van der Waals surface area contributed by atoms with E-state index in [0.717, 1.165) is 39.0 Å². The van der Waals surface area contributed by atoms with Gasteiger partial charge in [0.15, 0.2) is 0 Å². The summed E-state index contributed by atoms with van der Waals surface area (Å²) in [5.41, 5.74) is -0.532. The topological polar surface area (TPSA) is 50.8 Å². The molecule has 2 fully saturated rings. The number of nitrogens with one attached hydrogen (secondary N) is 1. The lowest BCUT2D eigenvalue weighted by Crippen LogP contribution is -2.56. The van der Waals surface area contributed by atoms with Crippen molar-refractivity contribution in [1.29, 1.82) is 0 Å². The second-order valence-electron chi connectivity index (χ2n) is 5.08. The van der Waals surface area contributed by atoms with Crippen molar-refractivity contribution in [1.82, 2.24) is 10.2 Å². The fraction of sp³-hybridized carbons (Fsp3) is 0.917. The zero-order valence-electron chi connectivity index (χ0n) is 10.7. The van der Waals surface area contributed by atoms with E-state index in [0.29, 0.717) is 6.54 Å². The van der Waals surface area contributed by atoms with Gasteiger partial charge in [0.25, 0.3) is 0 Å². The molecule has 2 atom stereocenters. The minimum atomic E-state index is -0.532. The molecule has 5 heteroatoms. The molecule has 17 heavy (non-hydrogen) atoms. The lowest BCUT2D eigenvalue weighted by atomic mass is 9.98. The van der Waals surface area contributed by atoms with Gasteiger partial charge in [-0.05, 0) is 26.3 Å². The van der Waals surface area contributed by atoms with Crippen molar-refractivity contribution in [2.45, 2.75) is 30.9 Å². The third-order valence-corrected chi connectivity index (χ3v) is 3.73. The van der Waals surface area contributed by atoms with E-state index in [9.17, 15) is 4.79 Å². The van der Waals surface area contributed by atoms with Gasteiger partial charge in [-0.3, -0.25) is 10.1 Å². The molecular formula is C12H22N2O3. The number of carbonyl (C=O) groups excluding carboxylic acids is 1. The predicted molar refractivity (Wildman–Crippen MR) is 63.8 cm³/mol. The Labute approximate surface area is 102 Å². The highest BCUT2D eigenvalue weighted by molar-refractivity contribution is 5.81.